The number of benzene rings is 2. The molecule has 4 rings (SSSR count). The largest absolute Gasteiger partial charge is 0.337 e. The summed E-state index contributed by atoms with van der Waals surface area (Å²) in [7, 11) is 0. The normalized spacial score (nSPS) is 10.7. The van der Waals surface area contributed by atoms with E-state index in [1.807, 2.05) is 68.4 Å². The monoisotopic (exact) mass is 397 g/mol. The van der Waals surface area contributed by atoms with E-state index < -0.39 is 0 Å². The second-order valence-electron chi connectivity index (χ2n) is 7.38. The van der Waals surface area contributed by atoms with E-state index in [-0.39, 0.29) is 5.91 Å². The van der Waals surface area contributed by atoms with E-state index in [4.69, 9.17) is 4.52 Å². The lowest BCUT2D eigenvalue weighted by Gasteiger charge is -2.07. The van der Waals surface area contributed by atoms with Gasteiger partial charge >= 0.3 is 0 Å². The quantitative estimate of drug-likeness (QED) is 0.460. The number of carbonyl (C=O) groups is 1. The van der Waals surface area contributed by atoms with Crippen LogP contribution in [0.4, 0.5) is 5.88 Å². The summed E-state index contributed by atoms with van der Waals surface area (Å²) in [6.45, 7) is 4.08. The lowest BCUT2D eigenvalue weighted by molar-refractivity contribution is -0.116. The van der Waals surface area contributed by atoms with Crippen molar-refractivity contribution < 1.29 is 9.32 Å². The predicted molar refractivity (Wildman–Crippen MR) is 118 cm³/mol. The first kappa shape index (κ1) is 19.6. The predicted octanol–water partition coefficient (Wildman–Crippen LogP) is 5.59. The van der Waals surface area contributed by atoms with Crippen LogP contribution in [0.15, 0.2) is 77.6 Å². The third kappa shape index (κ3) is 4.46. The number of nitrogens with one attached hydrogen (secondary N) is 1. The number of aryl methyl sites for hydroxylation is 3. The number of carbonyl (C=O) groups excluding carboxylic acids is 1. The van der Waals surface area contributed by atoms with Crippen LogP contribution in [-0.2, 0) is 11.2 Å². The molecule has 0 radical (unpaired) electrons. The zero-order valence-electron chi connectivity index (χ0n) is 17.1. The number of rotatable bonds is 6. The Morgan fingerprint density at radius 2 is 1.67 bits per heavy atom. The molecule has 4 aromatic rings. The molecule has 0 aliphatic rings. The Kier molecular flexibility index (Phi) is 5.70. The minimum Gasteiger partial charge on any atom is -0.337 e. The maximum atomic E-state index is 12.6. The highest BCUT2D eigenvalue weighted by atomic mass is 16.5. The highest BCUT2D eigenvalue weighted by Crippen LogP contribution is 2.37. The van der Waals surface area contributed by atoms with Gasteiger partial charge in [-0.25, -0.2) is 0 Å². The van der Waals surface area contributed by atoms with Gasteiger partial charge in [-0.05, 0) is 49.6 Å². The molecule has 0 aliphatic heterocycles. The van der Waals surface area contributed by atoms with Gasteiger partial charge in [0, 0.05) is 24.4 Å². The van der Waals surface area contributed by atoms with E-state index >= 15 is 0 Å². The van der Waals surface area contributed by atoms with Gasteiger partial charge in [-0.3, -0.25) is 15.1 Å². The van der Waals surface area contributed by atoms with Crippen molar-refractivity contribution in [3.05, 3.63) is 89.7 Å². The van der Waals surface area contributed by atoms with Crippen LogP contribution in [-0.4, -0.2) is 16.0 Å². The van der Waals surface area contributed by atoms with Crippen molar-refractivity contribution in [2.24, 2.45) is 0 Å². The summed E-state index contributed by atoms with van der Waals surface area (Å²) in [6, 6.07) is 20.0. The van der Waals surface area contributed by atoms with Gasteiger partial charge in [-0.1, -0.05) is 58.7 Å². The molecule has 2 aromatic heterocycles. The van der Waals surface area contributed by atoms with E-state index in [1.165, 1.54) is 5.56 Å². The van der Waals surface area contributed by atoms with Crippen LogP contribution in [0, 0.1) is 13.8 Å². The van der Waals surface area contributed by atoms with Crippen molar-refractivity contribution in [2.45, 2.75) is 26.7 Å². The van der Waals surface area contributed by atoms with Crippen molar-refractivity contribution in [1.29, 1.82) is 0 Å². The minimum absolute atomic E-state index is 0.112. The first-order valence-corrected chi connectivity index (χ1v) is 9.92. The molecule has 0 spiro atoms. The van der Waals surface area contributed by atoms with Crippen LogP contribution < -0.4 is 5.32 Å². The standard InChI is InChI=1S/C25H23N3O2/c1-17-5-3-7-19(15-17)9-10-22(29)27-25-23(20-11-13-26-14-12-20)24(28-30-25)21-8-4-6-18(2)16-21/h3-8,11-16H,9-10H2,1-2H3,(H,27,29). The van der Waals surface area contributed by atoms with Gasteiger partial charge in [0.05, 0.1) is 5.56 Å². The molecule has 0 saturated carbocycles. The maximum Gasteiger partial charge on any atom is 0.239 e. The molecular formula is C25H23N3O2. The number of nitrogens with zero attached hydrogens (tertiary/aromatic N) is 2. The van der Waals surface area contributed by atoms with Crippen LogP contribution in [0.5, 0.6) is 0 Å². The van der Waals surface area contributed by atoms with Gasteiger partial charge in [0.1, 0.15) is 5.69 Å². The highest BCUT2D eigenvalue weighted by molar-refractivity contribution is 5.97. The summed E-state index contributed by atoms with van der Waals surface area (Å²) in [5, 5.41) is 7.19. The Balaban J connectivity index is 1.61. The Morgan fingerprint density at radius 1 is 0.933 bits per heavy atom. The molecule has 2 heterocycles. The first-order valence-electron chi connectivity index (χ1n) is 9.92. The smallest absolute Gasteiger partial charge is 0.239 e. The summed E-state index contributed by atoms with van der Waals surface area (Å²) < 4.78 is 5.58. The number of aromatic nitrogens is 2. The van der Waals surface area contributed by atoms with Crippen molar-refractivity contribution >= 4 is 11.8 Å². The number of pyridine rings is 1. The Morgan fingerprint density at radius 3 is 2.40 bits per heavy atom. The Labute approximate surface area is 175 Å². The number of anilines is 1. The molecule has 5 nitrogen and oxygen atoms in total. The third-order valence-electron chi connectivity index (χ3n) is 4.93. The Bertz CT molecular complexity index is 1170. The fourth-order valence-electron chi connectivity index (χ4n) is 3.47. The summed E-state index contributed by atoms with van der Waals surface area (Å²) in [4.78, 5) is 16.7. The average Bonchev–Trinajstić information content (AvgIpc) is 3.16. The minimum atomic E-state index is -0.112. The van der Waals surface area contributed by atoms with E-state index in [9.17, 15) is 4.79 Å². The van der Waals surface area contributed by atoms with Crippen molar-refractivity contribution in [3.63, 3.8) is 0 Å². The van der Waals surface area contributed by atoms with E-state index in [0.29, 0.717) is 24.4 Å². The molecule has 1 amide bonds. The number of hydrogen-bond donors (Lipinski definition) is 1. The average molecular weight is 397 g/mol. The first-order chi connectivity index (χ1) is 14.6. The molecule has 0 atom stereocenters. The van der Waals surface area contributed by atoms with Crippen LogP contribution in [0.2, 0.25) is 0 Å². The maximum absolute atomic E-state index is 12.6. The molecule has 150 valence electrons. The summed E-state index contributed by atoms with van der Waals surface area (Å²) in [5.74, 6) is 0.241. The summed E-state index contributed by atoms with van der Waals surface area (Å²) in [5.41, 5.74) is 6.72. The highest BCUT2D eigenvalue weighted by Gasteiger charge is 2.21. The van der Waals surface area contributed by atoms with Crippen molar-refractivity contribution in [1.82, 2.24) is 10.1 Å². The molecule has 0 aliphatic carbocycles. The molecule has 5 heteroatoms. The zero-order valence-corrected chi connectivity index (χ0v) is 17.1. The fourth-order valence-corrected chi connectivity index (χ4v) is 3.47. The third-order valence-corrected chi connectivity index (χ3v) is 4.93. The Hall–Kier alpha value is -3.73. The molecule has 30 heavy (non-hydrogen) atoms. The van der Waals surface area contributed by atoms with E-state index in [2.05, 4.69) is 21.5 Å². The van der Waals surface area contributed by atoms with Gasteiger partial charge in [-0.15, -0.1) is 0 Å². The van der Waals surface area contributed by atoms with Crippen molar-refractivity contribution in [2.75, 3.05) is 5.32 Å². The van der Waals surface area contributed by atoms with Crippen LogP contribution in [0.3, 0.4) is 0 Å². The number of amides is 1. The molecular weight excluding hydrogens is 374 g/mol. The van der Waals surface area contributed by atoms with Gasteiger partial charge in [0.2, 0.25) is 11.8 Å². The SMILES string of the molecule is Cc1cccc(CCC(=O)Nc2onc(-c3cccc(C)c3)c2-c2ccncc2)c1. The topological polar surface area (TPSA) is 68.0 Å². The number of hydrogen-bond acceptors (Lipinski definition) is 4. The fraction of sp³-hybridized carbons (Fsp3) is 0.160. The zero-order chi connectivity index (χ0) is 20.9. The van der Waals surface area contributed by atoms with Gasteiger partial charge < -0.3 is 4.52 Å². The molecule has 0 saturated heterocycles. The van der Waals surface area contributed by atoms with E-state index in [1.54, 1.807) is 12.4 Å². The second-order valence-corrected chi connectivity index (χ2v) is 7.38. The van der Waals surface area contributed by atoms with Gasteiger partial charge in [0.25, 0.3) is 0 Å². The summed E-state index contributed by atoms with van der Waals surface area (Å²) in [6.07, 6.45) is 4.45. The van der Waals surface area contributed by atoms with Gasteiger partial charge in [-0.2, -0.15) is 0 Å². The molecule has 2 aromatic carbocycles. The van der Waals surface area contributed by atoms with Crippen LogP contribution in [0.1, 0.15) is 23.1 Å². The molecule has 0 fully saturated rings. The lowest BCUT2D eigenvalue weighted by Crippen LogP contribution is -2.12. The summed E-state index contributed by atoms with van der Waals surface area (Å²) >= 11 is 0. The second kappa shape index (κ2) is 8.74. The van der Waals surface area contributed by atoms with Crippen LogP contribution >= 0.6 is 0 Å². The molecule has 1 N–H and O–H groups in total. The van der Waals surface area contributed by atoms with Crippen LogP contribution in [0.25, 0.3) is 22.4 Å². The molecule has 0 bridgehead atoms. The van der Waals surface area contributed by atoms with Crippen molar-refractivity contribution in [3.8, 4) is 22.4 Å². The lowest BCUT2D eigenvalue weighted by atomic mass is 10.0. The van der Waals surface area contributed by atoms with Gasteiger partial charge in [0.15, 0.2) is 0 Å². The van der Waals surface area contributed by atoms with E-state index in [0.717, 1.165) is 27.8 Å². The molecule has 0 unspecified atom stereocenters.